The van der Waals surface area contributed by atoms with Crippen LogP contribution >= 0.6 is 23.1 Å². The van der Waals surface area contributed by atoms with E-state index in [1.165, 1.54) is 23.1 Å². The van der Waals surface area contributed by atoms with Crippen LogP contribution in [0.15, 0.2) is 35.5 Å². The molecule has 3 rings (SSSR count). The molecular formula is C18H22N6O2S2. The number of thioether (sulfide) groups is 1. The second-order valence-electron chi connectivity index (χ2n) is 6.06. The Balaban J connectivity index is 1.54. The molecule has 0 spiro atoms. The van der Waals surface area contributed by atoms with Crippen molar-refractivity contribution in [3.63, 3.8) is 0 Å². The molecule has 2 heterocycles. The van der Waals surface area contributed by atoms with Gasteiger partial charge in [0.2, 0.25) is 11.0 Å². The van der Waals surface area contributed by atoms with E-state index in [9.17, 15) is 4.79 Å². The van der Waals surface area contributed by atoms with Crippen LogP contribution in [0.2, 0.25) is 0 Å². The molecule has 0 saturated heterocycles. The van der Waals surface area contributed by atoms with Crippen LogP contribution in [0.25, 0.3) is 0 Å². The number of nitrogens with one attached hydrogen (secondary N) is 1. The van der Waals surface area contributed by atoms with Crippen molar-refractivity contribution < 1.29 is 9.53 Å². The molecule has 0 fully saturated rings. The first kappa shape index (κ1) is 20.3. The van der Waals surface area contributed by atoms with Crippen LogP contribution in [0.5, 0.6) is 5.75 Å². The van der Waals surface area contributed by atoms with Gasteiger partial charge in [-0.05, 0) is 25.5 Å². The topological polar surface area (TPSA) is 94.8 Å². The van der Waals surface area contributed by atoms with Gasteiger partial charge in [-0.15, -0.1) is 20.4 Å². The lowest BCUT2D eigenvalue weighted by Crippen LogP contribution is -2.14. The number of anilines is 1. The number of carbonyl (C=O) groups is 1. The van der Waals surface area contributed by atoms with E-state index in [4.69, 9.17) is 4.74 Å². The maximum atomic E-state index is 12.2. The SMILES string of the molecule is CCCc1nnc(NC(=O)CSc2nnc([C@H](C)Oc3ccccc3)n2C)s1. The summed E-state index contributed by atoms with van der Waals surface area (Å²) in [4.78, 5) is 12.2. The van der Waals surface area contributed by atoms with Crippen molar-refractivity contribution in [2.75, 3.05) is 11.1 Å². The highest BCUT2D eigenvalue weighted by Crippen LogP contribution is 2.24. The average molecular weight is 419 g/mol. The number of amides is 1. The molecule has 0 unspecified atom stereocenters. The Morgan fingerprint density at radius 2 is 2.04 bits per heavy atom. The van der Waals surface area contributed by atoms with Gasteiger partial charge in [0.15, 0.2) is 17.1 Å². The Morgan fingerprint density at radius 3 is 2.79 bits per heavy atom. The van der Waals surface area contributed by atoms with Gasteiger partial charge < -0.3 is 9.30 Å². The molecule has 8 nitrogen and oxygen atoms in total. The molecule has 2 aromatic heterocycles. The van der Waals surface area contributed by atoms with Gasteiger partial charge in [-0.1, -0.05) is 48.2 Å². The molecule has 3 aromatic rings. The Morgan fingerprint density at radius 1 is 1.25 bits per heavy atom. The van der Waals surface area contributed by atoms with E-state index < -0.39 is 0 Å². The number of ether oxygens (including phenoxy) is 1. The number of hydrogen-bond acceptors (Lipinski definition) is 8. The fraction of sp³-hybridized carbons (Fsp3) is 0.389. The highest BCUT2D eigenvalue weighted by Gasteiger charge is 2.18. The highest BCUT2D eigenvalue weighted by atomic mass is 32.2. The molecule has 28 heavy (non-hydrogen) atoms. The maximum Gasteiger partial charge on any atom is 0.236 e. The summed E-state index contributed by atoms with van der Waals surface area (Å²) in [5.74, 6) is 1.52. The van der Waals surface area contributed by atoms with Gasteiger partial charge in [-0.3, -0.25) is 10.1 Å². The molecule has 1 atom stereocenters. The van der Waals surface area contributed by atoms with Crippen LogP contribution < -0.4 is 10.1 Å². The van der Waals surface area contributed by atoms with Crippen LogP contribution in [0.1, 0.15) is 37.2 Å². The molecule has 0 bridgehead atoms. The lowest BCUT2D eigenvalue weighted by Gasteiger charge is -2.14. The van der Waals surface area contributed by atoms with Gasteiger partial charge in [-0.25, -0.2) is 0 Å². The smallest absolute Gasteiger partial charge is 0.236 e. The number of aryl methyl sites for hydroxylation is 1. The van der Waals surface area contributed by atoms with E-state index >= 15 is 0 Å². The molecule has 1 N–H and O–H groups in total. The van der Waals surface area contributed by atoms with E-state index in [1.807, 2.05) is 48.9 Å². The zero-order valence-electron chi connectivity index (χ0n) is 16.0. The van der Waals surface area contributed by atoms with Crippen LogP contribution in [0.4, 0.5) is 5.13 Å². The molecule has 0 aliphatic carbocycles. The first-order valence-electron chi connectivity index (χ1n) is 8.92. The molecule has 0 aliphatic heterocycles. The molecule has 0 aliphatic rings. The van der Waals surface area contributed by atoms with Crippen LogP contribution in [-0.4, -0.2) is 36.6 Å². The Bertz CT molecular complexity index is 912. The Kier molecular flexibility index (Phi) is 6.99. The van der Waals surface area contributed by atoms with E-state index in [0.717, 1.165) is 23.6 Å². The summed E-state index contributed by atoms with van der Waals surface area (Å²) in [6.45, 7) is 4.00. The summed E-state index contributed by atoms with van der Waals surface area (Å²) < 4.78 is 7.74. The van der Waals surface area contributed by atoms with E-state index in [2.05, 4.69) is 32.6 Å². The third kappa shape index (κ3) is 5.29. The summed E-state index contributed by atoms with van der Waals surface area (Å²) in [5.41, 5.74) is 0. The Hall–Kier alpha value is -2.46. The van der Waals surface area contributed by atoms with Gasteiger partial charge in [-0.2, -0.15) is 0 Å². The van der Waals surface area contributed by atoms with Crippen molar-refractivity contribution in [3.8, 4) is 5.75 Å². The lowest BCUT2D eigenvalue weighted by atomic mass is 10.3. The number of nitrogens with zero attached hydrogens (tertiary/aromatic N) is 5. The van der Waals surface area contributed by atoms with Crippen molar-refractivity contribution in [2.45, 2.75) is 37.9 Å². The zero-order valence-corrected chi connectivity index (χ0v) is 17.6. The summed E-state index contributed by atoms with van der Waals surface area (Å²) >= 11 is 2.72. The Labute approximate surface area is 171 Å². The maximum absolute atomic E-state index is 12.2. The summed E-state index contributed by atoms with van der Waals surface area (Å²) in [5, 5.41) is 21.3. The molecule has 1 amide bonds. The zero-order chi connectivity index (χ0) is 19.9. The van der Waals surface area contributed by atoms with Gasteiger partial charge in [0.25, 0.3) is 0 Å². The highest BCUT2D eigenvalue weighted by molar-refractivity contribution is 7.99. The fourth-order valence-electron chi connectivity index (χ4n) is 2.47. The van der Waals surface area contributed by atoms with Gasteiger partial charge in [0.1, 0.15) is 10.8 Å². The number of aromatic nitrogens is 5. The molecule has 0 saturated carbocycles. The summed E-state index contributed by atoms with van der Waals surface area (Å²) in [6, 6.07) is 9.56. The first-order chi connectivity index (χ1) is 13.6. The predicted octanol–water partition coefficient (Wildman–Crippen LogP) is 3.49. The van der Waals surface area contributed by atoms with Crippen molar-refractivity contribution in [1.82, 2.24) is 25.0 Å². The monoisotopic (exact) mass is 418 g/mol. The minimum atomic E-state index is -0.263. The van der Waals surface area contributed by atoms with Crippen molar-refractivity contribution >= 4 is 34.1 Å². The van der Waals surface area contributed by atoms with Gasteiger partial charge in [0.05, 0.1) is 5.75 Å². The molecule has 1 aromatic carbocycles. The van der Waals surface area contributed by atoms with E-state index in [0.29, 0.717) is 16.1 Å². The number of carbonyl (C=O) groups excluding carboxylic acids is 1. The second-order valence-corrected chi connectivity index (χ2v) is 8.07. The molecule has 10 heteroatoms. The first-order valence-corrected chi connectivity index (χ1v) is 10.7. The minimum absolute atomic E-state index is 0.151. The number of rotatable bonds is 9. The van der Waals surface area contributed by atoms with E-state index in [1.54, 1.807) is 0 Å². The molecular weight excluding hydrogens is 396 g/mol. The second kappa shape index (κ2) is 9.65. The largest absolute Gasteiger partial charge is 0.483 e. The van der Waals surface area contributed by atoms with Crippen molar-refractivity contribution in [3.05, 3.63) is 41.2 Å². The number of hydrogen-bond donors (Lipinski definition) is 1. The quantitative estimate of drug-likeness (QED) is 0.532. The number of benzene rings is 1. The van der Waals surface area contributed by atoms with E-state index in [-0.39, 0.29) is 17.8 Å². The van der Waals surface area contributed by atoms with Crippen molar-refractivity contribution in [2.24, 2.45) is 7.05 Å². The average Bonchev–Trinajstić information content (AvgIpc) is 3.27. The summed E-state index contributed by atoms with van der Waals surface area (Å²) in [6.07, 6.45) is 1.61. The lowest BCUT2D eigenvalue weighted by molar-refractivity contribution is -0.113. The van der Waals surface area contributed by atoms with Crippen LogP contribution in [0.3, 0.4) is 0 Å². The third-order valence-electron chi connectivity index (χ3n) is 3.80. The van der Waals surface area contributed by atoms with Crippen molar-refractivity contribution in [1.29, 1.82) is 0 Å². The number of para-hydroxylation sites is 1. The van der Waals surface area contributed by atoms with Crippen LogP contribution in [-0.2, 0) is 18.3 Å². The molecule has 148 valence electrons. The summed E-state index contributed by atoms with van der Waals surface area (Å²) in [7, 11) is 1.86. The van der Waals surface area contributed by atoms with Gasteiger partial charge in [0, 0.05) is 13.5 Å². The van der Waals surface area contributed by atoms with Crippen LogP contribution in [0, 0.1) is 0 Å². The standard InChI is InChI=1S/C18H22N6O2S2/c1-4-8-15-20-22-17(28-15)19-14(25)11-27-18-23-21-16(24(18)3)12(2)26-13-9-6-5-7-10-13/h5-7,9-10,12H,4,8,11H2,1-3H3,(H,19,22,25)/t12-/m0/s1. The van der Waals surface area contributed by atoms with Gasteiger partial charge >= 0.3 is 0 Å². The fourth-order valence-corrected chi connectivity index (χ4v) is 4.04. The predicted molar refractivity (Wildman–Crippen MR) is 110 cm³/mol. The molecule has 0 radical (unpaired) electrons. The minimum Gasteiger partial charge on any atom is -0.483 e. The third-order valence-corrected chi connectivity index (χ3v) is 5.72. The normalized spacial score (nSPS) is 12.0.